The molecule has 0 fully saturated rings. The van der Waals surface area contributed by atoms with Gasteiger partial charge in [-0.25, -0.2) is 4.98 Å². The first-order valence-corrected chi connectivity index (χ1v) is 8.42. The molecule has 0 unspecified atom stereocenters. The molecule has 28 heavy (non-hydrogen) atoms. The summed E-state index contributed by atoms with van der Waals surface area (Å²) < 4.78 is 37.9. The van der Waals surface area contributed by atoms with Crippen molar-refractivity contribution in [2.24, 2.45) is 0 Å². The predicted molar refractivity (Wildman–Crippen MR) is 101 cm³/mol. The molecule has 1 aromatic heterocycles. The van der Waals surface area contributed by atoms with Crippen LogP contribution in [0.3, 0.4) is 0 Å². The van der Waals surface area contributed by atoms with Gasteiger partial charge >= 0.3 is 6.18 Å². The van der Waals surface area contributed by atoms with Gasteiger partial charge in [-0.1, -0.05) is 11.6 Å². The zero-order chi connectivity index (χ0) is 20.3. The Morgan fingerprint density at radius 2 is 1.68 bits per heavy atom. The van der Waals surface area contributed by atoms with Crippen LogP contribution in [0.5, 0.6) is 0 Å². The normalized spacial score (nSPS) is 11.2. The highest BCUT2D eigenvalue weighted by molar-refractivity contribution is 6.30. The third-order valence-electron chi connectivity index (χ3n) is 3.86. The molecule has 9 heteroatoms. The summed E-state index contributed by atoms with van der Waals surface area (Å²) in [5.74, 6) is -0.166. The first-order valence-electron chi connectivity index (χ1n) is 8.04. The molecule has 1 N–H and O–H groups in total. The lowest BCUT2D eigenvalue weighted by molar-refractivity contribution is -0.137. The maximum absolute atomic E-state index is 12.6. The van der Waals surface area contributed by atoms with Gasteiger partial charge in [0.15, 0.2) is 0 Å². The predicted octanol–water partition coefficient (Wildman–Crippen LogP) is 5.17. The molecule has 0 radical (unpaired) electrons. The molecule has 0 aliphatic carbocycles. The summed E-state index contributed by atoms with van der Waals surface area (Å²) in [5.41, 5.74) is 0.335. The second kappa shape index (κ2) is 7.85. The number of amides is 1. The van der Waals surface area contributed by atoms with Gasteiger partial charge in [-0.05, 0) is 48.5 Å². The molecule has 2 aromatic carbocycles. The lowest BCUT2D eigenvalue weighted by Crippen LogP contribution is -2.27. The van der Waals surface area contributed by atoms with Crippen LogP contribution in [0.4, 0.5) is 30.4 Å². The zero-order valence-corrected chi connectivity index (χ0v) is 15.3. The molecular weight excluding hydrogens is 393 g/mol. The fraction of sp³-hybridized carbons (Fsp3) is 0.105. The summed E-state index contributed by atoms with van der Waals surface area (Å²) in [4.78, 5) is 22.2. The minimum atomic E-state index is -4.41. The number of benzene rings is 2. The molecule has 5 nitrogen and oxygen atoms in total. The number of anilines is 3. The number of nitrogens with one attached hydrogen (secondary N) is 1. The molecule has 0 aliphatic rings. The minimum absolute atomic E-state index is 0.0781. The van der Waals surface area contributed by atoms with Crippen molar-refractivity contribution in [1.82, 2.24) is 9.97 Å². The number of nitrogens with zero attached hydrogens (tertiary/aromatic N) is 3. The largest absolute Gasteiger partial charge is 0.416 e. The maximum Gasteiger partial charge on any atom is 0.416 e. The summed E-state index contributed by atoms with van der Waals surface area (Å²) in [7, 11) is 1.59. The Labute approximate surface area is 163 Å². The molecule has 144 valence electrons. The number of alkyl halides is 3. The third-order valence-corrected chi connectivity index (χ3v) is 4.11. The van der Waals surface area contributed by atoms with E-state index in [0.717, 1.165) is 12.1 Å². The Morgan fingerprint density at radius 3 is 2.29 bits per heavy atom. The van der Waals surface area contributed by atoms with Crippen molar-refractivity contribution in [3.8, 4) is 0 Å². The second-order valence-corrected chi connectivity index (χ2v) is 6.27. The number of carbonyl (C=O) groups is 1. The minimum Gasteiger partial charge on any atom is -0.339 e. The van der Waals surface area contributed by atoms with Gasteiger partial charge in [0.2, 0.25) is 0 Å². The molecule has 3 rings (SSSR count). The van der Waals surface area contributed by atoms with E-state index in [-0.39, 0.29) is 11.5 Å². The monoisotopic (exact) mass is 406 g/mol. The van der Waals surface area contributed by atoms with Crippen molar-refractivity contribution in [3.63, 3.8) is 0 Å². The molecule has 0 aliphatic heterocycles. The fourth-order valence-corrected chi connectivity index (χ4v) is 2.50. The standard InChI is InChI=1S/C19H14ClF3N4O/c1-27(15-8-4-13(20)5-9-15)18(28)16-10-24-11-17(26-16)25-14-6-2-12(3-7-14)19(21,22)23/h2-11H,1H3,(H,25,26). The Kier molecular flexibility index (Phi) is 5.51. The van der Waals surface area contributed by atoms with E-state index in [2.05, 4.69) is 15.3 Å². The highest BCUT2D eigenvalue weighted by Crippen LogP contribution is 2.30. The topological polar surface area (TPSA) is 58.1 Å². The van der Waals surface area contributed by atoms with Gasteiger partial charge in [0, 0.05) is 23.4 Å². The van der Waals surface area contributed by atoms with Gasteiger partial charge in [0.1, 0.15) is 11.5 Å². The molecule has 0 saturated carbocycles. The average Bonchev–Trinajstić information content (AvgIpc) is 2.67. The quantitative estimate of drug-likeness (QED) is 0.649. The second-order valence-electron chi connectivity index (χ2n) is 5.83. The highest BCUT2D eigenvalue weighted by atomic mass is 35.5. The summed E-state index contributed by atoms with van der Waals surface area (Å²) in [5, 5.41) is 3.38. The number of hydrogen-bond donors (Lipinski definition) is 1. The van der Waals surface area contributed by atoms with E-state index < -0.39 is 17.6 Å². The maximum atomic E-state index is 12.6. The molecule has 1 heterocycles. The Morgan fingerprint density at radius 1 is 1.04 bits per heavy atom. The molecular formula is C19H14ClF3N4O. The van der Waals surface area contributed by atoms with E-state index >= 15 is 0 Å². The van der Waals surface area contributed by atoms with Gasteiger partial charge in [-0.2, -0.15) is 13.2 Å². The zero-order valence-electron chi connectivity index (χ0n) is 14.5. The van der Waals surface area contributed by atoms with Crippen LogP contribution < -0.4 is 10.2 Å². The summed E-state index contributed by atoms with van der Waals surface area (Å²) in [6, 6.07) is 11.2. The van der Waals surface area contributed by atoms with Gasteiger partial charge in [0.25, 0.3) is 5.91 Å². The van der Waals surface area contributed by atoms with Crippen LogP contribution in [0.1, 0.15) is 16.1 Å². The smallest absolute Gasteiger partial charge is 0.339 e. The number of carbonyl (C=O) groups excluding carboxylic acids is 1. The van der Waals surface area contributed by atoms with Crippen molar-refractivity contribution < 1.29 is 18.0 Å². The summed E-state index contributed by atoms with van der Waals surface area (Å²) >= 11 is 5.85. The SMILES string of the molecule is CN(C(=O)c1cncc(Nc2ccc(C(F)(F)F)cc2)n1)c1ccc(Cl)cc1. The molecule has 3 aromatic rings. The average molecular weight is 407 g/mol. The summed E-state index contributed by atoms with van der Waals surface area (Å²) in [6.45, 7) is 0. The van der Waals surface area contributed by atoms with Crippen LogP contribution >= 0.6 is 11.6 Å². The van der Waals surface area contributed by atoms with E-state index in [9.17, 15) is 18.0 Å². The lowest BCUT2D eigenvalue weighted by Gasteiger charge is -2.17. The lowest BCUT2D eigenvalue weighted by atomic mass is 10.2. The van der Waals surface area contributed by atoms with Crippen LogP contribution in [0, 0.1) is 0 Å². The summed E-state index contributed by atoms with van der Waals surface area (Å²) in [6.07, 6.45) is -1.72. The van der Waals surface area contributed by atoms with Crippen LogP contribution in [0.25, 0.3) is 0 Å². The molecule has 0 atom stereocenters. The van der Waals surface area contributed by atoms with Crippen molar-refractivity contribution >= 4 is 34.7 Å². The molecule has 0 bridgehead atoms. The van der Waals surface area contributed by atoms with E-state index in [0.29, 0.717) is 16.4 Å². The van der Waals surface area contributed by atoms with Gasteiger partial charge in [-0.3, -0.25) is 9.78 Å². The molecule has 0 saturated heterocycles. The highest BCUT2D eigenvalue weighted by Gasteiger charge is 2.29. The Balaban J connectivity index is 1.76. The first kappa shape index (κ1) is 19.6. The van der Waals surface area contributed by atoms with Crippen molar-refractivity contribution in [3.05, 3.63) is 77.2 Å². The van der Waals surface area contributed by atoms with Crippen LogP contribution in [-0.2, 0) is 6.18 Å². The van der Waals surface area contributed by atoms with Crippen molar-refractivity contribution in [2.75, 3.05) is 17.3 Å². The Bertz CT molecular complexity index is 976. The number of halogens is 4. The van der Waals surface area contributed by atoms with E-state index in [1.54, 1.807) is 31.3 Å². The van der Waals surface area contributed by atoms with Crippen molar-refractivity contribution in [1.29, 1.82) is 0 Å². The molecule has 0 spiro atoms. The number of hydrogen-bond acceptors (Lipinski definition) is 4. The Hall–Kier alpha value is -3.13. The van der Waals surface area contributed by atoms with Crippen LogP contribution in [0.15, 0.2) is 60.9 Å². The fourth-order valence-electron chi connectivity index (χ4n) is 2.37. The van der Waals surface area contributed by atoms with Gasteiger partial charge < -0.3 is 10.2 Å². The first-order chi connectivity index (χ1) is 13.2. The van der Waals surface area contributed by atoms with Gasteiger partial charge in [-0.15, -0.1) is 0 Å². The van der Waals surface area contributed by atoms with E-state index in [1.165, 1.54) is 29.4 Å². The van der Waals surface area contributed by atoms with E-state index in [4.69, 9.17) is 11.6 Å². The number of rotatable bonds is 4. The van der Waals surface area contributed by atoms with E-state index in [1.807, 2.05) is 0 Å². The van der Waals surface area contributed by atoms with Gasteiger partial charge in [0.05, 0.1) is 18.0 Å². The van der Waals surface area contributed by atoms with Crippen LogP contribution in [-0.4, -0.2) is 22.9 Å². The van der Waals surface area contributed by atoms with Crippen LogP contribution in [0.2, 0.25) is 5.02 Å². The van der Waals surface area contributed by atoms with Crippen molar-refractivity contribution in [2.45, 2.75) is 6.18 Å². The molecule has 1 amide bonds. The third kappa shape index (κ3) is 4.58. The number of aromatic nitrogens is 2.